The summed E-state index contributed by atoms with van der Waals surface area (Å²) in [6, 6.07) is 5.47. The van der Waals surface area contributed by atoms with E-state index in [2.05, 4.69) is 28.1 Å². The third-order valence-electron chi connectivity index (χ3n) is 4.02. The molecule has 0 fully saturated rings. The highest BCUT2D eigenvalue weighted by molar-refractivity contribution is 7.08. The lowest BCUT2D eigenvalue weighted by Crippen LogP contribution is -2.46. The van der Waals surface area contributed by atoms with E-state index in [4.69, 9.17) is 16.3 Å². The van der Waals surface area contributed by atoms with Crippen LogP contribution < -0.4 is 15.4 Å². The van der Waals surface area contributed by atoms with E-state index >= 15 is 0 Å². The van der Waals surface area contributed by atoms with E-state index in [0.29, 0.717) is 23.7 Å². The first kappa shape index (κ1) is 17.8. The number of halogens is 1. The Hall–Kier alpha value is -2.05. The molecule has 0 bridgehead atoms. The van der Waals surface area contributed by atoms with Crippen molar-refractivity contribution < 1.29 is 14.3 Å². The first-order chi connectivity index (χ1) is 11.9. The largest absolute Gasteiger partial charge is 0.486 e. The van der Waals surface area contributed by atoms with Crippen molar-refractivity contribution in [3.8, 4) is 16.9 Å². The smallest absolute Gasteiger partial charge is 0.242 e. The number of thiophene rings is 1. The van der Waals surface area contributed by atoms with Crippen molar-refractivity contribution in [1.29, 1.82) is 0 Å². The summed E-state index contributed by atoms with van der Waals surface area (Å²) in [5.41, 5.74) is 3.25. The summed E-state index contributed by atoms with van der Waals surface area (Å²) in [5, 5.41) is 10.1. The van der Waals surface area contributed by atoms with E-state index in [9.17, 15) is 9.59 Å². The molecule has 1 aromatic heterocycles. The van der Waals surface area contributed by atoms with Crippen LogP contribution in [0.15, 0.2) is 29.0 Å². The molecule has 2 heterocycles. The minimum Gasteiger partial charge on any atom is -0.486 e. The van der Waals surface area contributed by atoms with Gasteiger partial charge in [-0.15, -0.1) is 0 Å². The number of rotatable bonds is 5. The van der Waals surface area contributed by atoms with Crippen LogP contribution in [0, 0.1) is 0 Å². The molecule has 2 N–H and O–H groups in total. The van der Waals surface area contributed by atoms with Gasteiger partial charge in [0.2, 0.25) is 11.8 Å². The van der Waals surface area contributed by atoms with Crippen LogP contribution in [0.3, 0.4) is 0 Å². The Labute approximate surface area is 155 Å². The Kier molecular flexibility index (Phi) is 5.30. The van der Waals surface area contributed by atoms with Crippen molar-refractivity contribution in [3.63, 3.8) is 0 Å². The predicted octanol–water partition coefficient (Wildman–Crippen LogP) is 3.01. The van der Waals surface area contributed by atoms with Crippen LogP contribution in [0.4, 0.5) is 0 Å². The van der Waals surface area contributed by atoms with E-state index < -0.39 is 6.04 Å². The standard InChI is InChI=1S/C18H19ClN2O3S/c1-10(21-11(2)22)18(23)20-8-15-6-14-5-13(12-3-4-25-9-12)7-16(19)17(14)24-15/h3-5,7,9-10,15H,6,8H2,1-2H3,(H,20,23)(H,21,22)/t10-,15-/m0/s1. The van der Waals surface area contributed by atoms with E-state index in [1.807, 2.05) is 11.4 Å². The third-order valence-corrected chi connectivity index (χ3v) is 4.99. The van der Waals surface area contributed by atoms with Crippen LogP contribution in [-0.4, -0.2) is 30.5 Å². The molecule has 5 nitrogen and oxygen atoms in total. The first-order valence-electron chi connectivity index (χ1n) is 8.00. The highest BCUT2D eigenvalue weighted by Crippen LogP contribution is 2.39. The number of ether oxygens (including phenoxy) is 1. The van der Waals surface area contributed by atoms with Gasteiger partial charge in [-0.25, -0.2) is 0 Å². The third kappa shape index (κ3) is 4.14. The summed E-state index contributed by atoms with van der Waals surface area (Å²) in [7, 11) is 0. The van der Waals surface area contributed by atoms with Crippen LogP contribution in [0.2, 0.25) is 5.02 Å². The number of hydrogen-bond acceptors (Lipinski definition) is 4. The van der Waals surface area contributed by atoms with Crippen LogP contribution in [0.1, 0.15) is 19.4 Å². The molecule has 2 amide bonds. The fraction of sp³-hybridized carbons (Fsp3) is 0.333. The minimum absolute atomic E-state index is 0.168. The van der Waals surface area contributed by atoms with Crippen molar-refractivity contribution in [2.24, 2.45) is 0 Å². The molecular formula is C18H19ClN2O3S. The highest BCUT2D eigenvalue weighted by Gasteiger charge is 2.27. The van der Waals surface area contributed by atoms with Gasteiger partial charge in [-0.05, 0) is 47.0 Å². The first-order valence-corrected chi connectivity index (χ1v) is 9.32. The Balaban J connectivity index is 1.63. The Morgan fingerprint density at radius 2 is 2.20 bits per heavy atom. The molecule has 0 unspecified atom stereocenters. The maximum absolute atomic E-state index is 12.0. The summed E-state index contributed by atoms with van der Waals surface area (Å²) < 4.78 is 5.89. The van der Waals surface area contributed by atoms with Gasteiger partial charge >= 0.3 is 0 Å². The van der Waals surface area contributed by atoms with Gasteiger partial charge < -0.3 is 15.4 Å². The van der Waals surface area contributed by atoms with Gasteiger partial charge in [0.15, 0.2) is 0 Å². The summed E-state index contributed by atoms with van der Waals surface area (Å²) in [5.74, 6) is 0.217. The number of hydrogen-bond donors (Lipinski definition) is 2. The van der Waals surface area contributed by atoms with Gasteiger partial charge in [0, 0.05) is 18.9 Å². The molecule has 0 radical (unpaired) electrons. The molecule has 132 valence electrons. The van der Waals surface area contributed by atoms with Crippen molar-refractivity contribution >= 4 is 34.8 Å². The molecule has 7 heteroatoms. The molecule has 0 spiro atoms. The van der Waals surface area contributed by atoms with Gasteiger partial charge in [-0.2, -0.15) is 11.3 Å². The van der Waals surface area contributed by atoms with Gasteiger partial charge in [0.05, 0.1) is 11.6 Å². The second kappa shape index (κ2) is 7.45. The molecule has 0 saturated carbocycles. The number of amides is 2. The van der Waals surface area contributed by atoms with Crippen LogP contribution >= 0.6 is 22.9 Å². The normalized spacial score (nSPS) is 16.7. The van der Waals surface area contributed by atoms with E-state index in [-0.39, 0.29) is 17.9 Å². The number of nitrogens with one attached hydrogen (secondary N) is 2. The number of carbonyl (C=O) groups excluding carboxylic acids is 2. The monoisotopic (exact) mass is 378 g/mol. The highest BCUT2D eigenvalue weighted by atomic mass is 35.5. The fourth-order valence-corrected chi connectivity index (χ4v) is 3.78. The Bertz CT molecular complexity index is 792. The Morgan fingerprint density at radius 3 is 2.88 bits per heavy atom. The maximum atomic E-state index is 12.0. The van der Waals surface area contributed by atoms with Gasteiger partial charge in [0.25, 0.3) is 0 Å². The molecule has 0 saturated heterocycles. The van der Waals surface area contributed by atoms with Gasteiger partial charge in [0.1, 0.15) is 17.9 Å². The molecule has 2 aromatic rings. The molecule has 0 aliphatic carbocycles. The van der Waals surface area contributed by atoms with Crippen LogP contribution in [0.25, 0.3) is 11.1 Å². The second-order valence-corrected chi connectivity index (χ2v) is 7.26. The van der Waals surface area contributed by atoms with Crippen LogP contribution in [0.5, 0.6) is 5.75 Å². The molecule has 1 aliphatic rings. The van der Waals surface area contributed by atoms with Crippen LogP contribution in [-0.2, 0) is 16.0 Å². The summed E-state index contributed by atoms with van der Waals surface area (Å²) in [6.07, 6.45) is 0.515. The summed E-state index contributed by atoms with van der Waals surface area (Å²) in [4.78, 5) is 23.0. The SMILES string of the molecule is CC(=O)N[C@@H](C)C(=O)NC[C@@H]1Cc2cc(-c3ccsc3)cc(Cl)c2O1. The lowest BCUT2D eigenvalue weighted by molar-refractivity contribution is -0.127. The number of benzene rings is 1. The molecule has 3 rings (SSSR count). The molecule has 1 aliphatic heterocycles. The average Bonchev–Trinajstić information content (AvgIpc) is 3.21. The molecule has 25 heavy (non-hydrogen) atoms. The van der Waals surface area contributed by atoms with Gasteiger partial charge in [-0.3, -0.25) is 9.59 Å². The second-order valence-electron chi connectivity index (χ2n) is 6.07. The zero-order chi connectivity index (χ0) is 18.0. The average molecular weight is 379 g/mol. The van der Waals surface area contributed by atoms with Crippen molar-refractivity contribution in [2.75, 3.05) is 6.54 Å². The predicted molar refractivity (Wildman–Crippen MR) is 99.2 cm³/mol. The van der Waals surface area contributed by atoms with E-state index in [0.717, 1.165) is 16.7 Å². The van der Waals surface area contributed by atoms with Crippen molar-refractivity contribution in [3.05, 3.63) is 39.5 Å². The molecule has 1 aromatic carbocycles. The minimum atomic E-state index is -0.574. The Morgan fingerprint density at radius 1 is 1.40 bits per heavy atom. The lowest BCUT2D eigenvalue weighted by atomic mass is 10.0. The topological polar surface area (TPSA) is 67.4 Å². The quantitative estimate of drug-likeness (QED) is 0.840. The number of carbonyl (C=O) groups is 2. The van der Waals surface area contributed by atoms with E-state index in [1.54, 1.807) is 18.3 Å². The van der Waals surface area contributed by atoms with Crippen molar-refractivity contribution in [2.45, 2.75) is 32.4 Å². The maximum Gasteiger partial charge on any atom is 0.242 e. The van der Waals surface area contributed by atoms with E-state index in [1.165, 1.54) is 6.92 Å². The molecular weight excluding hydrogens is 360 g/mol. The fourth-order valence-electron chi connectivity index (χ4n) is 2.83. The zero-order valence-electron chi connectivity index (χ0n) is 14.0. The lowest BCUT2D eigenvalue weighted by Gasteiger charge is -2.16. The van der Waals surface area contributed by atoms with Crippen molar-refractivity contribution in [1.82, 2.24) is 10.6 Å². The number of fused-ring (bicyclic) bond motifs is 1. The molecule has 2 atom stereocenters. The zero-order valence-corrected chi connectivity index (χ0v) is 15.5. The summed E-state index contributed by atoms with van der Waals surface area (Å²) >= 11 is 8.01. The summed E-state index contributed by atoms with van der Waals surface area (Å²) in [6.45, 7) is 3.39. The van der Waals surface area contributed by atoms with Gasteiger partial charge in [-0.1, -0.05) is 11.6 Å².